The second-order valence-corrected chi connectivity index (χ2v) is 11.2. The van der Waals surface area contributed by atoms with Gasteiger partial charge in [0.2, 0.25) is 0 Å². The molecule has 16 heteroatoms. The fourth-order valence-electron chi connectivity index (χ4n) is 4.43. The summed E-state index contributed by atoms with van der Waals surface area (Å²) >= 11 is 0. The van der Waals surface area contributed by atoms with Gasteiger partial charge in [0.15, 0.2) is 0 Å². The summed E-state index contributed by atoms with van der Waals surface area (Å²) in [5.74, 6) is 0.0204. The smallest absolute Gasteiger partial charge is 0.416 e. The van der Waals surface area contributed by atoms with Crippen molar-refractivity contribution in [2.24, 2.45) is 0 Å². The molecular formula is C38H51F3N2O11. The molecule has 0 fully saturated rings. The first-order valence-electron chi connectivity index (χ1n) is 17.6. The van der Waals surface area contributed by atoms with Crippen LogP contribution in [0.2, 0.25) is 0 Å². The largest absolute Gasteiger partial charge is 0.489 e. The molecule has 3 rings (SSSR count). The van der Waals surface area contributed by atoms with Gasteiger partial charge in [0.25, 0.3) is 0 Å². The van der Waals surface area contributed by atoms with Gasteiger partial charge in [-0.15, -0.1) is 0 Å². The molecular weight excluding hydrogens is 717 g/mol. The molecule has 0 spiro atoms. The molecule has 0 heterocycles. The van der Waals surface area contributed by atoms with E-state index >= 15 is 0 Å². The molecule has 3 aromatic carbocycles. The molecule has 0 aliphatic heterocycles. The Labute approximate surface area is 314 Å². The Morgan fingerprint density at radius 1 is 0.537 bits per heavy atom. The lowest BCUT2D eigenvalue weighted by Crippen LogP contribution is -2.16. The maximum absolute atomic E-state index is 13.0. The number of ether oxygens (including phenoxy) is 10. The molecule has 3 aromatic rings. The highest BCUT2D eigenvalue weighted by Crippen LogP contribution is 2.32. The summed E-state index contributed by atoms with van der Waals surface area (Å²) in [5, 5.41) is 2.86. The zero-order valence-electron chi connectivity index (χ0n) is 30.4. The SMILES string of the molecule is Nc1ccccc1OCCOCCOCCOCCOCCOCCOCCOCCOCCOC(=O)c1ccccc1Nc1cccc(C(F)(F)F)c1. The van der Waals surface area contributed by atoms with Crippen LogP contribution in [0.25, 0.3) is 0 Å². The second-order valence-electron chi connectivity index (χ2n) is 11.2. The lowest BCUT2D eigenvalue weighted by Gasteiger charge is -2.13. The highest BCUT2D eigenvalue weighted by atomic mass is 19.4. The minimum Gasteiger partial charge on any atom is -0.489 e. The maximum atomic E-state index is 13.0. The molecule has 0 saturated carbocycles. The van der Waals surface area contributed by atoms with Crippen LogP contribution < -0.4 is 15.8 Å². The van der Waals surface area contributed by atoms with Gasteiger partial charge in [-0.1, -0.05) is 30.3 Å². The first kappa shape index (κ1) is 44.4. The van der Waals surface area contributed by atoms with Crippen molar-refractivity contribution in [3.63, 3.8) is 0 Å². The molecule has 54 heavy (non-hydrogen) atoms. The number of benzene rings is 3. The Kier molecular flexibility index (Phi) is 22.7. The zero-order valence-corrected chi connectivity index (χ0v) is 30.4. The zero-order chi connectivity index (χ0) is 38.5. The summed E-state index contributed by atoms with van der Waals surface area (Å²) in [4.78, 5) is 12.6. The van der Waals surface area contributed by atoms with E-state index in [2.05, 4.69) is 5.32 Å². The van der Waals surface area contributed by atoms with E-state index in [0.29, 0.717) is 123 Å². The number of carbonyl (C=O) groups is 1. The number of nitrogens with two attached hydrogens (primary N) is 1. The first-order chi connectivity index (χ1) is 26.3. The normalized spacial score (nSPS) is 11.5. The number of alkyl halides is 3. The number of esters is 1. The number of nitrogen functional groups attached to an aromatic ring is 1. The van der Waals surface area contributed by atoms with E-state index < -0.39 is 17.7 Å². The molecule has 13 nitrogen and oxygen atoms in total. The van der Waals surface area contributed by atoms with E-state index in [-0.39, 0.29) is 24.5 Å². The predicted octanol–water partition coefficient (Wildman–Crippen LogP) is 5.40. The number of nitrogens with one attached hydrogen (secondary N) is 1. The number of anilines is 3. The van der Waals surface area contributed by atoms with Crippen LogP contribution in [-0.2, 0) is 48.8 Å². The molecule has 0 atom stereocenters. The van der Waals surface area contributed by atoms with Gasteiger partial charge in [0.1, 0.15) is 19.0 Å². The second kappa shape index (κ2) is 27.6. The van der Waals surface area contributed by atoms with Gasteiger partial charge in [0, 0.05) is 5.69 Å². The van der Waals surface area contributed by atoms with Crippen molar-refractivity contribution in [3.05, 3.63) is 83.9 Å². The fraction of sp³-hybridized carbons (Fsp3) is 0.500. The van der Waals surface area contributed by atoms with E-state index in [1.807, 2.05) is 18.2 Å². The van der Waals surface area contributed by atoms with Gasteiger partial charge in [-0.2, -0.15) is 13.2 Å². The van der Waals surface area contributed by atoms with Crippen LogP contribution >= 0.6 is 0 Å². The number of hydrogen-bond donors (Lipinski definition) is 2. The quantitative estimate of drug-likeness (QED) is 0.0490. The van der Waals surface area contributed by atoms with Gasteiger partial charge >= 0.3 is 12.1 Å². The number of para-hydroxylation sites is 3. The first-order valence-corrected chi connectivity index (χ1v) is 17.6. The summed E-state index contributed by atoms with van der Waals surface area (Å²) in [5.41, 5.74) is 6.32. The van der Waals surface area contributed by atoms with Crippen molar-refractivity contribution >= 4 is 23.0 Å². The summed E-state index contributed by atoms with van der Waals surface area (Å²) in [6, 6.07) is 18.4. The van der Waals surface area contributed by atoms with Crippen LogP contribution in [0.3, 0.4) is 0 Å². The third kappa shape index (κ3) is 19.9. The van der Waals surface area contributed by atoms with Gasteiger partial charge in [0.05, 0.1) is 128 Å². The topological polar surface area (TPSA) is 147 Å². The van der Waals surface area contributed by atoms with E-state index in [4.69, 9.17) is 53.1 Å². The molecule has 0 saturated heterocycles. The summed E-state index contributed by atoms with van der Waals surface area (Å²) in [6.07, 6.45) is -4.48. The monoisotopic (exact) mass is 768 g/mol. The van der Waals surface area contributed by atoms with Crippen molar-refractivity contribution < 1.29 is 65.3 Å². The Morgan fingerprint density at radius 2 is 0.981 bits per heavy atom. The minimum atomic E-state index is -4.48. The van der Waals surface area contributed by atoms with Crippen LogP contribution in [0, 0.1) is 0 Å². The van der Waals surface area contributed by atoms with Crippen LogP contribution in [0.1, 0.15) is 15.9 Å². The third-order valence-electron chi connectivity index (χ3n) is 7.09. The van der Waals surface area contributed by atoms with Crippen LogP contribution in [0.5, 0.6) is 5.75 Å². The Morgan fingerprint density at radius 3 is 1.48 bits per heavy atom. The maximum Gasteiger partial charge on any atom is 0.416 e. The number of carbonyl (C=O) groups excluding carboxylic acids is 1. The molecule has 3 N–H and O–H groups in total. The molecule has 0 amide bonds. The van der Waals surface area contributed by atoms with Gasteiger partial charge < -0.3 is 58.4 Å². The van der Waals surface area contributed by atoms with Crippen LogP contribution in [0.4, 0.5) is 30.2 Å². The molecule has 0 aliphatic rings. The van der Waals surface area contributed by atoms with E-state index in [9.17, 15) is 18.0 Å². The third-order valence-corrected chi connectivity index (χ3v) is 7.09. The predicted molar refractivity (Wildman–Crippen MR) is 194 cm³/mol. The van der Waals surface area contributed by atoms with Crippen molar-refractivity contribution in [3.8, 4) is 5.75 Å². The summed E-state index contributed by atoms with van der Waals surface area (Å²) < 4.78 is 93.7. The van der Waals surface area contributed by atoms with Crippen molar-refractivity contribution in [2.45, 2.75) is 6.18 Å². The van der Waals surface area contributed by atoms with Crippen molar-refractivity contribution in [1.82, 2.24) is 0 Å². The summed E-state index contributed by atoms with van der Waals surface area (Å²) in [7, 11) is 0. The lowest BCUT2D eigenvalue weighted by atomic mass is 10.1. The molecule has 0 aromatic heterocycles. The highest BCUT2D eigenvalue weighted by Gasteiger charge is 2.30. The van der Waals surface area contributed by atoms with Crippen molar-refractivity contribution in [1.29, 1.82) is 0 Å². The van der Waals surface area contributed by atoms with Gasteiger partial charge in [-0.25, -0.2) is 4.79 Å². The molecule has 0 radical (unpaired) electrons. The number of hydrogen-bond acceptors (Lipinski definition) is 13. The van der Waals surface area contributed by atoms with Crippen molar-refractivity contribution in [2.75, 3.05) is 130 Å². The minimum absolute atomic E-state index is 0.00361. The average Bonchev–Trinajstić information content (AvgIpc) is 3.16. The van der Waals surface area contributed by atoms with Crippen LogP contribution in [0.15, 0.2) is 72.8 Å². The van der Waals surface area contributed by atoms with E-state index in [1.54, 1.807) is 24.3 Å². The average molecular weight is 769 g/mol. The highest BCUT2D eigenvalue weighted by molar-refractivity contribution is 5.96. The molecule has 0 unspecified atom stereocenters. The Bertz CT molecular complexity index is 1440. The summed E-state index contributed by atoms with van der Waals surface area (Å²) in [6.45, 7) is 7.00. The molecule has 300 valence electrons. The van der Waals surface area contributed by atoms with Crippen LogP contribution in [-0.4, -0.2) is 125 Å². The van der Waals surface area contributed by atoms with Gasteiger partial charge in [-0.3, -0.25) is 0 Å². The number of halogens is 3. The lowest BCUT2D eigenvalue weighted by molar-refractivity contribution is -0.137. The molecule has 0 bridgehead atoms. The number of rotatable bonds is 31. The Balaban J connectivity index is 1.02. The van der Waals surface area contributed by atoms with E-state index in [0.717, 1.165) is 12.1 Å². The fourth-order valence-corrected chi connectivity index (χ4v) is 4.43. The standard InChI is InChI=1S/C38H51F3N2O11/c39-38(40,41)31-6-5-7-32(30-31)43-35-10-3-1-8-33(35)37(44)54-29-27-52-25-23-50-21-19-48-17-15-46-13-12-45-14-16-47-18-20-49-22-24-51-26-28-53-36-11-4-2-9-34(36)42/h1-11,30,43H,12-29,42H2. The molecule has 0 aliphatic carbocycles. The van der Waals surface area contributed by atoms with Gasteiger partial charge in [-0.05, 0) is 42.5 Å². The van der Waals surface area contributed by atoms with E-state index in [1.165, 1.54) is 18.2 Å². The Hall–Kier alpha value is -4.00.